The lowest BCUT2D eigenvalue weighted by Gasteiger charge is -2.11. The van der Waals surface area contributed by atoms with Crippen molar-refractivity contribution < 1.29 is 63.3 Å². The first-order valence-electron chi connectivity index (χ1n) is 13.3. The number of fused-ring (bicyclic) bond motifs is 1. The molecule has 264 valence electrons. The fourth-order valence-corrected chi connectivity index (χ4v) is 6.38. The van der Waals surface area contributed by atoms with Crippen LogP contribution < -0.4 is 20.9 Å². The van der Waals surface area contributed by atoms with Gasteiger partial charge in [0.2, 0.25) is 0 Å². The number of hydrogen-bond donors (Lipinski definition) is 8. The summed E-state index contributed by atoms with van der Waals surface area (Å²) in [7, 11) is -15.4. The van der Waals surface area contributed by atoms with E-state index in [-0.39, 0.29) is 34.5 Å². The fourth-order valence-electron chi connectivity index (χ4n) is 4.39. The molecule has 0 aliphatic rings. The molecule has 0 unspecified atom stereocenters. The lowest BCUT2D eigenvalue weighted by atomic mass is 10.1. The van der Waals surface area contributed by atoms with E-state index in [1.807, 2.05) is 0 Å². The Kier molecular flexibility index (Phi) is 9.35. The maximum atomic E-state index is 12.3. The molecule has 2 amide bonds. The molecular weight excluding hydrogens is 743 g/mol. The number of carbonyl (C=O) groups is 2. The summed E-state index contributed by atoms with van der Waals surface area (Å²) in [5.74, 6) is -1.68. The standard InChI is InChI=1S/C26H19N9O13S3/c27-23(38)29-18-8-14(28-24-30-25(32-26(39)31-24)35-5-1-2-12(11-35)22(36)37)3-4-17(18)33-34-19-10-16-13(7-21(19)51(46,47)48)6-15(49(40,41)42)9-20(16)50(43,44)45/h1-11H,(H8-,27,28,29,30,31,32,34,36,37,38,39,40,41,42,43,44,45,46,47,48)/p+1. The van der Waals surface area contributed by atoms with Crippen LogP contribution in [0.3, 0.4) is 0 Å². The number of rotatable bonds is 10. The first-order chi connectivity index (χ1) is 23.7. The summed E-state index contributed by atoms with van der Waals surface area (Å²) in [4.78, 5) is 31.7. The quantitative estimate of drug-likeness (QED) is 0.0573. The van der Waals surface area contributed by atoms with Gasteiger partial charge in [-0.05, 0) is 70.0 Å². The first kappa shape index (κ1) is 36.0. The van der Waals surface area contributed by atoms with Gasteiger partial charge in [0.1, 0.15) is 21.2 Å². The largest absolute Gasteiger partial charge is 0.478 e. The molecule has 0 fully saturated rings. The molecule has 0 saturated carbocycles. The van der Waals surface area contributed by atoms with Crippen LogP contribution in [0.15, 0.2) is 91.9 Å². The van der Waals surface area contributed by atoms with Crippen molar-refractivity contribution in [2.24, 2.45) is 16.0 Å². The number of carboxylic acids is 1. The predicted molar refractivity (Wildman–Crippen MR) is 170 cm³/mol. The third-order valence-corrected chi connectivity index (χ3v) is 9.10. The van der Waals surface area contributed by atoms with Crippen molar-refractivity contribution in [3.63, 3.8) is 0 Å². The molecule has 0 spiro atoms. The smallest absolute Gasteiger partial charge is 0.446 e. The van der Waals surface area contributed by atoms with Crippen molar-refractivity contribution in [2.75, 3.05) is 10.6 Å². The fraction of sp³-hybridized carbons (Fsp3) is 0. The molecule has 0 saturated heterocycles. The molecule has 0 bridgehead atoms. The third kappa shape index (κ3) is 8.32. The van der Waals surface area contributed by atoms with Gasteiger partial charge in [-0.1, -0.05) is 0 Å². The number of aromatic carboxylic acids is 1. The number of azo groups is 1. The van der Waals surface area contributed by atoms with Gasteiger partial charge in [0.05, 0.1) is 28.5 Å². The number of nitrogens with two attached hydrogens (primary N) is 1. The van der Waals surface area contributed by atoms with E-state index in [0.29, 0.717) is 18.2 Å². The summed E-state index contributed by atoms with van der Waals surface area (Å²) >= 11 is 0. The first-order valence-corrected chi connectivity index (χ1v) is 17.6. The second kappa shape index (κ2) is 13.2. The molecule has 0 aliphatic carbocycles. The third-order valence-electron chi connectivity index (χ3n) is 6.49. The van der Waals surface area contributed by atoms with Crippen molar-refractivity contribution in [1.82, 2.24) is 15.0 Å². The van der Waals surface area contributed by atoms with Crippen molar-refractivity contribution in [2.45, 2.75) is 14.7 Å². The molecule has 25 heteroatoms. The summed E-state index contributed by atoms with van der Waals surface area (Å²) in [5, 5.41) is 31.0. The number of pyridine rings is 1. The SMILES string of the molecule is NC(=O)Nc1cc(Nc2nc(O)nc(-[n+]3cccc(C(=O)O)c3)n2)ccc1N=Nc1cc2c(S(=O)(=O)O)cc(S(=O)(=O)O)cc2cc1S(=O)(=O)O. The summed E-state index contributed by atoms with van der Waals surface area (Å²) in [6.07, 6.45) is 2.59. The lowest BCUT2D eigenvalue weighted by molar-refractivity contribution is -0.603. The van der Waals surface area contributed by atoms with Gasteiger partial charge in [0.15, 0.2) is 0 Å². The number of carbonyl (C=O) groups excluding carboxylic acids is 1. The Labute approximate surface area is 285 Å². The second-order valence-electron chi connectivity index (χ2n) is 10.00. The van der Waals surface area contributed by atoms with E-state index in [2.05, 4.69) is 35.8 Å². The summed E-state index contributed by atoms with van der Waals surface area (Å²) in [5.41, 5.74) is 4.17. The molecule has 0 atom stereocenters. The predicted octanol–water partition coefficient (Wildman–Crippen LogP) is 2.09. The minimum atomic E-state index is -5.20. The topological polar surface area (TPSA) is 355 Å². The number of aromatic hydroxyl groups is 1. The molecule has 2 heterocycles. The van der Waals surface area contributed by atoms with Gasteiger partial charge in [-0.25, -0.2) is 14.2 Å². The lowest BCUT2D eigenvalue weighted by Crippen LogP contribution is -2.33. The number of aromatic nitrogens is 4. The van der Waals surface area contributed by atoms with Crippen LogP contribution in [0.1, 0.15) is 10.4 Å². The Hall–Kier alpha value is -6.25. The number of benzene rings is 3. The van der Waals surface area contributed by atoms with Crippen molar-refractivity contribution in [1.29, 1.82) is 0 Å². The molecule has 5 aromatic rings. The maximum absolute atomic E-state index is 12.3. The molecule has 0 aliphatic heterocycles. The Morgan fingerprint density at radius 1 is 0.804 bits per heavy atom. The van der Waals surface area contributed by atoms with E-state index in [4.69, 9.17) is 5.73 Å². The highest BCUT2D eigenvalue weighted by Gasteiger charge is 2.25. The molecular formula is C26H20N9O13S3+. The normalized spacial score (nSPS) is 12.2. The number of nitrogens with one attached hydrogen (secondary N) is 2. The Balaban J connectivity index is 1.58. The molecule has 51 heavy (non-hydrogen) atoms. The maximum Gasteiger partial charge on any atom is 0.446 e. The summed E-state index contributed by atoms with van der Waals surface area (Å²) in [6.45, 7) is 0. The van der Waals surface area contributed by atoms with Crippen molar-refractivity contribution in [3.05, 3.63) is 72.6 Å². The minimum Gasteiger partial charge on any atom is -0.478 e. The highest BCUT2D eigenvalue weighted by Crippen LogP contribution is 2.37. The van der Waals surface area contributed by atoms with Crippen LogP contribution in [0.4, 0.5) is 33.5 Å². The number of primary amides is 1. The highest BCUT2D eigenvalue weighted by molar-refractivity contribution is 7.87. The van der Waals surface area contributed by atoms with Crippen LogP contribution in [0.5, 0.6) is 6.01 Å². The van der Waals surface area contributed by atoms with E-state index < -0.39 is 79.5 Å². The molecule has 3 aromatic carbocycles. The number of carboxylic acid groups (broad SMARTS) is 1. The van der Waals surface area contributed by atoms with Gasteiger partial charge in [-0.15, -0.1) is 15.2 Å². The second-order valence-corrected chi connectivity index (χ2v) is 14.2. The Morgan fingerprint density at radius 3 is 2.12 bits per heavy atom. The molecule has 22 nitrogen and oxygen atoms in total. The van der Waals surface area contributed by atoms with Crippen LogP contribution in [0.25, 0.3) is 16.7 Å². The van der Waals surface area contributed by atoms with Gasteiger partial charge in [0, 0.05) is 11.1 Å². The molecule has 0 radical (unpaired) electrons. The highest BCUT2D eigenvalue weighted by atomic mass is 32.2. The Morgan fingerprint density at radius 2 is 1.49 bits per heavy atom. The summed E-state index contributed by atoms with van der Waals surface area (Å²) in [6, 6.07) is 7.04. The number of nitrogens with zero attached hydrogens (tertiary/aromatic N) is 6. The summed E-state index contributed by atoms with van der Waals surface area (Å²) < 4.78 is 102. The van der Waals surface area contributed by atoms with E-state index in [1.54, 1.807) is 0 Å². The van der Waals surface area contributed by atoms with Crippen LogP contribution in [-0.2, 0) is 30.4 Å². The van der Waals surface area contributed by atoms with Crippen molar-refractivity contribution in [3.8, 4) is 12.0 Å². The van der Waals surface area contributed by atoms with E-state index in [9.17, 15) is 58.7 Å². The van der Waals surface area contributed by atoms with E-state index in [1.165, 1.54) is 47.3 Å². The average molecular weight is 763 g/mol. The van der Waals surface area contributed by atoms with Gasteiger partial charge in [0.25, 0.3) is 30.4 Å². The van der Waals surface area contributed by atoms with Gasteiger partial charge >= 0.3 is 29.9 Å². The van der Waals surface area contributed by atoms with Gasteiger partial charge in [-0.2, -0.15) is 25.3 Å². The van der Waals surface area contributed by atoms with Crippen LogP contribution in [0.2, 0.25) is 0 Å². The van der Waals surface area contributed by atoms with E-state index in [0.717, 1.165) is 6.07 Å². The average Bonchev–Trinajstić information content (AvgIpc) is 3.01. The number of amides is 2. The van der Waals surface area contributed by atoms with Crippen molar-refractivity contribution >= 4 is 81.8 Å². The minimum absolute atomic E-state index is 0.114. The van der Waals surface area contributed by atoms with Gasteiger partial charge in [-0.3, -0.25) is 13.7 Å². The molecule has 9 N–H and O–H groups in total. The number of anilines is 3. The molecule has 2 aromatic heterocycles. The number of hydrogen-bond acceptors (Lipinski definition) is 15. The zero-order valence-corrected chi connectivity index (χ0v) is 27.3. The molecule has 5 rings (SSSR count). The van der Waals surface area contributed by atoms with Crippen LogP contribution in [-0.4, -0.2) is 76.1 Å². The zero-order valence-electron chi connectivity index (χ0n) is 24.8. The Bertz CT molecular complexity index is 2650. The zero-order chi connectivity index (χ0) is 37.5. The monoisotopic (exact) mass is 762 g/mol. The number of urea groups is 1. The van der Waals surface area contributed by atoms with E-state index >= 15 is 0 Å². The van der Waals surface area contributed by atoms with Gasteiger partial charge < -0.3 is 26.6 Å². The van der Waals surface area contributed by atoms with Crippen LogP contribution >= 0.6 is 0 Å². The van der Waals surface area contributed by atoms with Crippen LogP contribution in [0, 0.1) is 0 Å².